The summed E-state index contributed by atoms with van der Waals surface area (Å²) in [7, 11) is 0. The summed E-state index contributed by atoms with van der Waals surface area (Å²) in [6, 6.07) is 16.1. The van der Waals surface area contributed by atoms with Crippen molar-refractivity contribution in [1.29, 1.82) is 0 Å². The lowest BCUT2D eigenvalue weighted by Gasteiger charge is -2.12. The Kier molecular flexibility index (Phi) is 3.65. The van der Waals surface area contributed by atoms with E-state index in [-0.39, 0.29) is 11.8 Å². The van der Waals surface area contributed by atoms with Gasteiger partial charge in [0.15, 0.2) is 0 Å². The maximum atomic E-state index is 12.4. The van der Waals surface area contributed by atoms with Crippen LogP contribution in [0.2, 0.25) is 0 Å². The molecule has 3 rings (SSSR count). The molecule has 0 fully saturated rings. The van der Waals surface area contributed by atoms with Crippen LogP contribution in [0, 0.1) is 0 Å². The Morgan fingerprint density at radius 1 is 1.14 bits per heavy atom. The molecular formula is C18H20N2O. The average Bonchev–Trinajstić information content (AvgIpc) is 2.92. The number of benzene rings is 2. The largest absolute Gasteiger partial charge is 0.384 e. The van der Waals surface area contributed by atoms with E-state index in [2.05, 4.69) is 36.6 Å². The van der Waals surface area contributed by atoms with Crippen LogP contribution in [0.15, 0.2) is 48.5 Å². The molecule has 2 aromatic carbocycles. The summed E-state index contributed by atoms with van der Waals surface area (Å²) in [5.74, 6) is 0.427. The minimum Gasteiger partial charge on any atom is -0.384 e. The van der Waals surface area contributed by atoms with Gasteiger partial charge in [-0.1, -0.05) is 44.2 Å². The van der Waals surface area contributed by atoms with Gasteiger partial charge in [-0.15, -0.1) is 0 Å². The molecule has 0 spiro atoms. The topological polar surface area (TPSA) is 41.1 Å². The molecule has 0 radical (unpaired) electrons. The summed E-state index contributed by atoms with van der Waals surface area (Å²) in [6.45, 7) is 4.98. The summed E-state index contributed by atoms with van der Waals surface area (Å²) in [4.78, 5) is 12.4. The number of hydrogen-bond acceptors (Lipinski definition) is 2. The third kappa shape index (κ3) is 2.77. The van der Waals surface area contributed by atoms with Gasteiger partial charge in [0.2, 0.25) is 5.91 Å². The predicted octanol–water partition coefficient (Wildman–Crippen LogP) is 3.96. The zero-order chi connectivity index (χ0) is 14.8. The molecule has 2 N–H and O–H groups in total. The summed E-state index contributed by atoms with van der Waals surface area (Å²) >= 11 is 0. The molecule has 21 heavy (non-hydrogen) atoms. The zero-order valence-corrected chi connectivity index (χ0v) is 12.4. The third-order valence-electron chi connectivity index (χ3n) is 3.99. The molecule has 0 aliphatic carbocycles. The van der Waals surface area contributed by atoms with Crippen molar-refractivity contribution in [3.8, 4) is 0 Å². The van der Waals surface area contributed by atoms with E-state index in [1.54, 1.807) is 0 Å². The first kappa shape index (κ1) is 13.7. The summed E-state index contributed by atoms with van der Waals surface area (Å²) in [5.41, 5.74) is 4.27. The van der Waals surface area contributed by atoms with E-state index in [1.165, 1.54) is 5.56 Å². The van der Waals surface area contributed by atoms with Gasteiger partial charge in [0.1, 0.15) is 0 Å². The number of rotatable bonds is 3. The van der Waals surface area contributed by atoms with Crippen molar-refractivity contribution in [3.05, 3.63) is 59.7 Å². The van der Waals surface area contributed by atoms with Crippen molar-refractivity contribution in [3.63, 3.8) is 0 Å². The second-order valence-electron chi connectivity index (χ2n) is 5.79. The molecule has 0 aromatic heterocycles. The van der Waals surface area contributed by atoms with Crippen LogP contribution in [-0.4, -0.2) is 12.5 Å². The van der Waals surface area contributed by atoms with Gasteiger partial charge >= 0.3 is 0 Å². The number of carbonyl (C=O) groups excluding carboxylic acids is 1. The molecule has 1 amide bonds. The standard InChI is InChI=1S/C18H20N2O/c1-12(2)13-7-9-14(10-8-13)20-18(21)16-11-19-17-6-4-3-5-15(16)17/h3-10,12,16,19H,11H2,1-2H3,(H,20,21). The Morgan fingerprint density at radius 3 is 2.57 bits per heavy atom. The van der Waals surface area contributed by atoms with Crippen molar-refractivity contribution >= 4 is 17.3 Å². The van der Waals surface area contributed by atoms with E-state index < -0.39 is 0 Å². The summed E-state index contributed by atoms with van der Waals surface area (Å²) < 4.78 is 0. The maximum Gasteiger partial charge on any atom is 0.233 e. The minimum atomic E-state index is -0.119. The fourth-order valence-electron chi connectivity index (χ4n) is 2.70. The second-order valence-corrected chi connectivity index (χ2v) is 5.79. The van der Waals surface area contributed by atoms with Crippen molar-refractivity contribution in [1.82, 2.24) is 0 Å². The quantitative estimate of drug-likeness (QED) is 0.893. The second kappa shape index (κ2) is 5.60. The van der Waals surface area contributed by atoms with Crippen LogP contribution in [0.3, 0.4) is 0 Å². The fraction of sp³-hybridized carbons (Fsp3) is 0.278. The van der Waals surface area contributed by atoms with E-state index in [1.807, 2.05) is 36.4 Å². The smallest absolute Gasteiger partial charge is 0.233 e. The molecule has 2 aromatic rings. The van der Waals surface area contributed by atoms with Crippen LogP contribution >= 0.6 is 0 Å². The Hall–Kier alpha value is -2.29. The molecule has 0 bridgehead atoms. The van der Waals surface area contributed by atoms with Crippen molar-refractivity contribution in [2.24, 2.45) is 0 Å². The normalized spacial score (nSPS) is 16.4. The zero-order valence-electron chi connectivity index (χ0n) is 12.4. The first-order chi connectivity index (χ1) is 10.1. The molecule has 3 heteroatoms. The molecular weight excluding hydrogens is 260 g/mol. The van der Waals surface area contributed by atoms with Gasteiger partial charge in [-0.25, -0.2) is 0 Å². The number of nitrogens with one attached hydrogen (secondary N) is 2. The van der Waals surface area contributed by atoms with Gasteiger partial charge in [0, 0.05) is 17.9 Å². The highest BCUT2D eigenvalue weighted by molar-refractivity contribution is 5.98. The molecule has 0 saturated carbocycles. The minimum absolute atomic E-state index is 0.0461. The van der Waals surface area contributed by atoms with Crippen LogP contribution < -0.4 is 10.6 Å². The molecule has 1 aliphatic heterocycles. The van der Waals surface area contributed by atoms with E-state index in [0.29, 0.717) is 12.5 Å². The molecule has 1 heterocycles. The van der Waals surface area contributed by atoms with Crippen molar-refractivity contribution < 1.29 is 4.79 Å². The van der Waals surface area contributed by atoms with Gasteiger partial charge in [-0.3, -0.25) is 4.79 Å². The lowest BCUT2D eigenvalue weighted by atomic mass is 10.00. The fourth-order valence-corrected chi connectivity index (χ4v) is 2.70. The maximum absolute atomic E-state index is 12.4. The third-order valence-corrected chi connectivity index (χ3v) is 3.99. The monoisotopic (exact) mass is 280 g/mol. The van der Waals surface area contributed by atoms with Gasteiger partial charge in [0.25, 0.3) is 0 Å². The van der Waals surface area contributed by atoms with Crippen LogP contribution in [-0.2, 0) is 4.79 Å². The number of hydrogen-bond donors (Lipinski definition) is 2. The molecule has 3 nitrogen and oxygen atoms in total. The van der Waals surface area contributed by atoms with Crippen molar-refractivity contribution in [2.45, 2.75) is 25.7 Å². The van der Waals surface area contributed by atoms with Crippen LogP contribution in [0.4, 0.5) is 11.4 Å². The Bertz CT molecular complexity index is 647. The van der Waals surface area contributed by atoms with Gasteiger partial charge in [-0.05, 0) is 35.2 Å². The van der Waals surface area contributed by atoms with Crippen LogP contribution in [0.5, 0.6) is 0 Å². The lowest BCUT2D eigenvalue weighted by Crippen LogP contribution is -2.22. The predicted molar refractivity (Wildman–Crippen MR) is 86.8 cm³/mol. The van der Waals surface area contributed by atoms with E-state index in [9.17, 15) is 4.79 Å². The van der Waals surface area contributed by atoms with Gasteiger partial charge in [0.05, 0.1) is 5.92 Å². The first-order valence-electron chi connectivity index (χ1n) is 7.39. The summed E-state index contributed by atoms with van der Waals surface area (Å²) in [5, 5.41) is 6.29. The highest BCUT2D eigenvalue weighted by Gasteiger charge is 2.27. The van der Waals surface area contributed by atoms with Gasteiger partial charge < -0.3 is 10.6 Å². The highest BCUT2D eigenvalue weighted by atomic mass is 16.1. The van der Waals surface area contributed by atoms with Crippen LogP contribution in [0.1, 0.15) is 36.8 Å². The van der Waals surface area contributed by atoms with Gasteiger partial charge in [-0.2, -0.15) is 0 Å². The number of para-hydroxylation sites is 1. The Morgan fingerprint density at radius 2 is 1.86 bits per heavy atom. The number of amides is 1. The first-order valence-corrected chi connectivity index (χ1v) is 7.39. The molecule has 1 atom stereocenters. The number of anilines is 2. The lowest BCUT2D eigenvalue weighted by molar-refractivity contribution is -0.117. The van der Waals surface area contributed by atoms with E-state index >= 15 is 0 Å². The van der Waals surface area contributed by atoms with Crippen molar-refractivity contribution in [2.75, 3.05) is 17.2 Å². The summed E-state index contributed by atoms with van der Waals surface area (Å²) in [6.07, 6.45) is 0. The molecule has 108 valence electrons. The number of fused-ring (bicyclic) bond motifs is 1. The Labute approximate surface area is 125 Å². The molecule has 0 saturated heterocycles. The Balaban J connectivity index is 1.73. The highest BCUT2D eigenvalue weighted by Crippen LogP contribution is 2.31. The number of carbonyl (C=O) groups is 1. The van der Waals surface area contributed by atoms with E-state index in [4.69, 9.17) is 0 Å². The SMILES string of the molecule is CC(C)c1ccc(NC(=O)C2CNc3ccccc32)cc1. The van der Waals surface area contributed by atoms with Crippen LogP contribution in [0.25, 0.3) is 0 Å². The molecule has 1 unspecified atom stereocenters. The average molecular weight is 280 g/mol. The molecule has 1 aliphatic rings. The van der Waals surface area contributed by atoms with E-state index in [0.717, 1.165) is 16.9 Å².